The maximum atomic E-state index is 12.9. The molecule has 2 amide bonds. The molecule has 0 aliphatic heterocycles. The second-order valence-electron chi connectivity index (χ2n) is 11.9. The van der Waals surface area contributed by atoms with Crippen molar-refractivity contribution >= 4 is 34.3 Å². The molecule has 0 fully saturated rings. The number of nitrogens with one attached hydrogen (secondary N) is 2. The second-order valence-corrected chi connectivity index (χ2v) is 11.9. The molecule has 7 nitrogen and oxygen atoms in total. The van der Waals surface area contributed by atoms with E-state index in [0.29, 0.717) is 6.54 Å². The lowest BCUT2D eigenvalue weighted by Gasteiger charge is -2.24. The number of rotatable bonds is 11. The highest BCUT2D eigenvalue weighted by atomic mass is 16.6. The lowest BCUT2D eigenvalue weighted by molar-refractivity contribution is -0.156. The van der Waals surface area contributed by atoms with Gasteiger partial charge in [0.2, 0.25) is 11.8 Å². The number of benzene rings is 2. The van der Waals surface area contributed by atoms with Crippen molar-refractivity contribution in [3.05, 3.63) is 48.0 Å². The molecule has 0 aliphatic carbocycles. The van der Waals surface area contributed by atoms with Crippen molar-refractivity contribution in [2.24, 2.45) is 11.8 Å². The molecule has 7 heteroatoms. The van der Waals surface area contributed by atoms with Gasteiger partial charge in [-0.25, -0.2) is 0 Å². The minimum Gasteiger partial charge on any atom is -0.460 e. The average Bonchev–Trinajstić information content (AvgIpc) is 2.74. The van der Waals surface area contributed by atoms with Crippen molar-refractivity contribution in [1.29, 1.82) is 0 Å². The highest BCUT2D eigenvalue weighted by molar-refractivity contribution is 5.89. The zero-order chi connectivity index (χ0) is 27.8. The summed E-state index contributed by atoms with van der Waals surface area (Å²) in [6.07, 6.45) is 0.0526. The number of esters is 1. The van der Waals surface area contributed by atoms with E-state index in [1.54, 1.807) is 27.7 Å². The van der Waals surface area contributed by atoms with E-state index in [1.165, 1.54) is 0 Å². The average molecular weight is 511 g/mol. The van der Waals surface area contributed by atoms with Crippen molar-refractivity contribution in [2.75, 3.05) is 0 Å². The Labute approximate surface area is 220 Å². The standard InChI is InChI=1S/C30H42N2O5/c1-20(28(36)31-19-23-13-10-12-22-11-8-9-14-25(22)23)15-24(33)16-21(17-26(34)32-29(2,3)4)18-27(35)37-30(5,6)7/h8-14,20-21H,15-19H2,1-7H3,(H,31,36)(H,32,34)/t20-,21-/m1/s1. The largest absolute Gasteiger partial charge is 0.460 e. The van der Waals surface area contributed by atoms with Crippen molar-refractivity contribution < 1.29 is 23.9 Å². The van der Waals surface area contributed by atoms with Crippen LogP contribution in [0.5, 0.6) is 0 Å². The Kier molecular flexibility index (Phi) is 10.4. The summed E-state index contributed by atoms with van der Waals surface area (Å²) in [5, 5.41) is 8.00. The third kappa shape index (κ3) is 11.1. The molecule has 0 bridgehead atoms. The quantitative estimate of drug-likeness (QED) is 0.410. The van der Waals surface area contributed by atoms with Gasteiger partial charge >= 0.3 is 5.97 Å². The second kappa shape index (κ2) is 12.8. The van der Waals surface area contributed by atoms with Crippen LogP contribution in [0.15, 0.2) is 42.5 Å². The van der Waals surface area contributed by atoms with Crippen LogP contribution in [0.25, 0.3) is 10.8 Å². The Hall–Kier alpha value is -3.22. The summed E-state index contributed by atoms with van der Waals surface area (Å²) in [5.74, 6) is -2.09. The lowest BCUT2D eigenvalue weighted by Crippen LogP contribution is -2.41. The number of amides is 2. The van der Waals surface area contributed by atoms with E-state index in [2.05, 4.69) is 10.6 Å². The van der Waals surface area contributed by atoms with E-state index in [-0.39, 0.29) is 43.3 Å². The van der Waals surface area contributed by atoms with Gasteiger partial charge < -0.3 is 15.4 Å². The molecule has 202 valence electrons. The number of carbonyl (C=O) groups excluding carboxylic acids is 4. The minimum atomic E-state index is -0.657. The van der Waals surface area contributed by atoms with Gasteiger partial charge in [0.05, 0.1) is 0 Å². The zero-order valence-corrected chi connectivity index (χ0v) is 23.3. The summed E-state index contributed by atoms with van der Waals surface area (Å²) < 4.78 is 5.41. The number of fused-ring (bicyclic) bond motifs is 1. The normalized spacial score (nSPS) is 13.5. The van der Waals surface area contributed by atoms with Gasteiger partial charge in [-0.2, -0.15) is 0 Å². The molecule has 2 rings (SSSR count). The highest BCUT2D eigenvalue weighted by Crippen LogP contribution is 2.21. The van der Waals surface area contributed by atoms with Crippen LogP contribution in [0.1, 0.15) is 79.7 Å². The first-order valence-corrected chi connectivity index (χ1v) is 12.9. The van der Waals surface area contributed by atoms with Crippen molar-refractivity contribution in [3.8, 4) is 0 Å². The molecule has 37 heavy (non-hydrogen) atoms. The Morgan fingerprint density at radius 3 is 2.14 bits per heavy atom. The molecule has 0 saturated carbocycles. The number of carbonyl (C=O) groups is 4. The monoisotopic (exact) mass is 510 g/mol. The van der Waals surface area contributed by atoms with E-state index >= 15 is 0 Å². The molecule has 0 spiro atoms. The predicted octanol–water partition coefficient (Wildman–Crippen LogP) is 5.09. The number of Topliss-reactive ketones (excluding diaryl/α,β-unsaturated/α-hetero) is 1. The van der Waals surface area contributed by atoms with Gasteiger partial charge in [-0.3, -0.25) is 19.2 Å². The molecule has 0 saturated heterocycles. The van der Waals surface area contributed by atoms with Crippen LogP contribution in [-0.2, 0) is 30.5 Å². The van der Waals surface area contributed by atoms with Crippen molar-refractivity contribution in [2.45, 2.75) is 91.8 Å². The minimum absolute atomic E-state index is 0.0255. The van der Waals surface area contributed by atoms with E-state index in [0.717, 1.165) is 16.3 Å². The van der Waals surface area contributed by atoms with Gasteiger partial charge in [0.25, 0.3) is 0 Å². The SMILES string of the molecule is C[C@H](CC(=O)C[C@H](CC(=O)NC(C)(C)C)CC(=O)OC(C)(C)C)C(=O)NCc1cccc2ccccc12. The summed E-state index contributed by atoms with van der Waals surface area (Å²) >= 11 is 0. The molecule has 0 radical (unpaired) electrons. The molecular weight excluding hydrogens is 468 g/mol. The number of hydrogen-bond donors (Lipinski definition) is 2. The summed E-state index contributed by atoms with van der Waals surface area (Å²) in [6.45, 7) is 13.0. The van der Waals surface area contributed by atoms with E-state index in [9.17, 15) is 19.2 Å². The molecule has 0 unspecified atom stereocenters. The molecule has 2 aromatic rings. The van der Waals surface area contributed by atoms with E-state index < -0.39 is 28.9 Å². The molecule has 2 aromatic carbocycles. The number of hydrogen-bond acceptors (Lipinski definition) is 5. The maximum Gasteiger partial charge on any atom is 0.306 e. The highest BCUT2D eigenvalue weighted by Gasteiger charge is 2.27. The lowest BCUT2D eigenvalue weighted by atomic mass is 9.90. The van der Waals surface area contributed by atoms with E-state index in [1.807, 2.05) is 63.2 Å². The summed E-state index contributed by atoms with van der Waals surface area (Å²) in [5.41, 5.74) is -0.0724. The molecule has 0 aromatic heterocycles. The van der Waals surface area contributed by atoms with Crippen LogP contribution in [0.2, 0.25) is 0 Å². The number of ether oxygens (including phenoxy) is 1. The molecular formula is C30H42N2O5. The van der Waals surface area contributed by atoms with Crippen LogP contribution in [0.3, 0.4) is 0 Å². The van der Waals surface area contributed by atoms with E-state index in [4.69, 9.17) is 4.74 Å². The third-order valence-corrected chi connectivity index (χ3v) is 5.69. The molecule has 2 N–H and O–H groups in total. The van der Waals surface area contributed by atoms with Gasteiger partial charge in [0.15, 0.2) is 0 Å². The smallest absolute Gasteiger partial charge is 0.306 e. The fourth-order valence-corrected chi connectivity index (χ4v) is 4.21. The Bertz CT molecular complexity index is 1080. The summed E-state index contributed by atoms with van der Waals surface area (Å²) in [6, 6.07) is 13.9. The first-order chi connectivity index (χ1) is 17.1. The Balaban J connectivity index is 1.97. The molecule has 2 atom stereocenters. The van der Waals surface area contributed by atoms with Crippen LogP contribution in [0.4, 0.5) is 0 Å². The van der Waals surface area contributed by atoms with Crippen LogP contribution in [0, 0.1) is 11.8 Å². The van der Waals surface area contributed by atoms with Gasteiger partial charge in [-0.15, -0.1) is 0 Å². The van der Waals surface area contributed by atoms with Crippen LogP contribution < -0.4 is 10.6 Å². The Morgan fingerprint density at radius 1 is 0.838 bits per heavy atom. The van der Waals surface area contributed by atoms with Crippen LogP contribution >= 0.6 is 0 Å². The van der Waals surface area contributed by atoms with Crippen molar-refractivity contribution in [1.82, 2.24) is 10.6 Å². The third-order valence-electron chi connectivity index (χ3n) is 5.69. The molecule has 0 heterocycles. The predicted molar refractivity (Wildman–Crippen MR) is 146 cm³/mol. The van der Waals surface area contributed by atoms with Crippen LogP contribution in [-0.4, -0.2) is 34.7 Å². The topological polar surface area (TPSA) is 102 Å². The van der Waals surface area contributed by atoms with Gasteiger partial charge in [0.1, 0.15) is 11.4 Å². The first-order valence-electron chi connectivity index (χ1n) is 12.9. The van der Waals surface area contributed by atoms with Gasteiger partial charge in [0, 0.05) is 43.7 Å². The summed E-state index contributed by atoms with van der Waals surface area (Å²) in [7, 11) is 0. The van der Waals surface area contributed by atoms with Gasteiger partial charge in [-0.1, -0.05) is 49.4 Å². The number of ketones is 1. The maximum absolute atomic E-state index is 12.9. The molecule has 0 aliphatic rings. The fraction of sp³-hybridized carbons (Fsp3) is 0.533. The zero-order valence-electron chi connectivity index (χ0n) is 23.3. The van der Waals surface area contributed by atoms with Gasteiger partial charge in [-0.05, 0) is 63.8 Å². The Morgan fingerprint density at radius 2 is 1.49 bits per heavy atom. The van der Waals surface area contributed by atoms with Crippen molar-refractivity contribution in [3.63, 3.8) is 0 Å². The summed E-state index contributed by atoms with van der Waals surface area (Å²) in [4.78, 5) is 50.6. The first kappa shape index (κ1) is 30.0. The fourth-order valence-electron chi connectivity index (χ4n) is 4.21.